The second kappa shape index (κ2) is 5.08. The number of nitrogens with one attached hydrogen (secondary N) is 1. The molecule has 1 aromatic carbocycles. The van der Waals surface area contributed by atoms with Gasteiger partial charge in [-0.2, -0.15) is 0 Å². The quantitative estimate of drug-likeness (QED) is 0.786. The Morgan fingerprint density at radius 2 is 2.28 bits per heavy atom. The Balaban J connectivity index is 1.96. The summed E-state index contributed by atoms with van der Waals surface area (Å²) in [6.07, 6.45) is 1.37. The molecule has 0 spiro atoms. The van der Waals surface area contributed by atoms with E-state index in [0.717, 1.165) is 12.0 Å². The van der Waals surface area contributed by atoms with E-state index >= 15 is 0 Å². The van der Waals surface area contributed by atoms with Crippen molar-refractivity contribution in [1.29, 1.82) is 0 Å². The van der Waals surface area contributed by atoms with Crippen LogP contribution < -0.4 is 11.1 Å². The maximum absolute atomic E-state index is 11.8. The van der Waals surface area contributed by atoms with Gasteiger partial charge in [0, 0.05) is 13.0 Å². The average Bonchev–Trinajstić information content (AvgIpc) is 2.69. The molecule has 2 amide bonds. The highest BCUT2D eigenvalue weighted by molar-refractivity contribution is 5.97. The molecule has 1 saturated heterocycles. The van der Waals surface area contributed by atoms with E-state index in [2.05, 4.69) is 5.32 Å². The molecule has 18 heavy (non-hydrogen) atoms. The SMILES string of the molecule is Cc1ccc(NC(=O)CN2CCCC2=O)c(N)c1. The molecule has 1 heterocycles. The number of rotatable bonds is 3. The number of anilines is 2. The summed E-state index contributed by atoms with van der Waals surface area (Å²) in [6.45, 7) is 2.70. The molecule has 96 valence electrons. The topological polar surface area (TPSA) is 75.4 Å². The average molecular weight is 247 g/mol. The van der Waals surface area contributed by atoms with Crippen molar-refractivity contribution in [2.75, 3.05) is 24.1 Å². The van der Waals surface area contributed by atoms with E-state index in [9.17, 15) is 9.59 Å². The van der Waals surface area contributed by atoms with Crippen LogP contribution in [-0.2, 0) is 9.59 Å². The molecule has 1 aliphatic rings. The van der Waals surface area contributed by atoms with E-state index in [1.165, 1.54) is 0 Å². The van der Waals surface area contributed by atoms with Crippen molar-refractivity contribution in [3.05, 3.63) is 23.8 Å². The van der Waals surface area contributed by atoms with E-state index in [0.29, 0.717) is 24.3 Å². The fourth-order valence-electron chi connectivity index (χ4n) is 2.03. The minimum absolute atomic E-state index is 0.0435. The summed E-state index contributed by atoms with van der Waals surface area (Å²) in [5.74, 6) is -0.164. The molecule has 5 heteroatoms. The summed E-state index contributed by atoms with van der Waals surface area (Å²) >= 11 is 0. The second-order valence-electron chi connectivity index (χ2n) is 4.56. The monoisotopic (exact) mass is 247 g/mol. The molecule has 1 aromatic rings. The molecule has 0 atom stereocenters. The van der Waals surface area contributed by atoms with Gasteiger partial charge in [0.15, 0.2) is 0 Å². The standard InChI is InChI=1S/C13H17N3O2/c1-9-4-5-11(10(14)7-9)15-12(17)8-16-6-2-3-13(16)18/h4-5,7H,2-3,6,8,14H2,1H3,(H,15,17). The number of nitrogen functional groups attached to an aromatic ring is 1. The lowest BCUT2D eigenvalue weighted by Crippen LogP contribution is -2.34. The molecule has 0 radical (unpaired) electrons. The largest absolute Gasteiger partial charge is 0.397 e. The Hall–Kier alpha value is -2.04. The predicted molar refractivity (Wildman–Crippen MR) is 70.0 cm³/mol. The Kier molecular flexibility index (Phi) is 3.50. The van der Waals surface area contributed by atoms with Gasteiger partial charge in [-0.05, 0) is 31.0 Å². The first-order valence-electron chi connectivity index (χ1n) is 6.00. The molecule has 0 aliphatic carbocycles. The van der Waals surface area contributed by atoms with Crippen LogP contribution >= 0.6 is 0 Å². The van der Waals surface area contributed by atoms with Crippen LogP contribution in [0.1, 0.15) is 18.4 Å². The Bertz CT molecular complexity index is 485. The van der Waals surface area contributed by atoms with Crippen LogP contribution in [0.3, 0.4) is 0 Å². The van der Waals surface area contributed by atoms with Gasteiger partial charge in [-0.25, -0.2) is 0 Å². The van der Waals surface area contributed by atoms with Crippen molar-refractivity contribution in [1.82, 2.24) is 4.90 Å². The van der Waals surface area contributed by atoms with E-state index in [-0.39, 0.29) is 18.4 Å². The molecule has 0 aromatic heterocycles. The van der Waals surface area contributed by atoms with Gasteiger partial charge in [0.25, 0.3) is 0 Å². The first kappa shape index (κ1) is 12.4. The third-order valence-corrected chi connectivity index (χ3v) is 2.99. The highest BCUT2D eigenvalue weighted by atomic mass is 16.2. The van der Waals surface area contributed by atoms with Crippen molar-refractivity contribution in [2.24, 2.45) is 0 Å². The lowest BCUT2D eigenvalue weighted by molar-refractivity contribution is -0.131. The summed E-state index contributed by atoms with van der Waals surface area (Å²) in [5.41, 5.74) is 7.98. The van der Waals surface area contributed by atoms with E-state index in [1.807, 2.05) is 13.0 Å². The van der Waals surface area contributed by atoms with Crippen molar-refractivity contribution in [3.63, 3.8) is 0 Å². The van der Waals surface area contributed by atoms with Crippen LogP contribution in [0.4, 0.5) is 11.4 Å². The summed E-state index contributed by atoms with van der Waals surface area (Å²) in [7, 11) is 0. The van der Waals surface area contributed by atoms with E-state index < -0.39 is 0 Å². The highest BCUT2D eigenvalue weighted by Gasteiger charge is 2.22. The highest BCUT2D eigenvalue weighted by Crippen LogP contribution is 2.19. The van der Waals surface area contributed by atoms with Gasteiger partial charge in [0.1, 0.15) is 0 Å². The van der Waals surface area contributed by atoms with Gasteiger partial charge >= 0.3 is 0 Å². The number of hydrogen-bond acceptors (Lipinski definition) is 3. The van der Waals surface area contributed by atoms with Gasteiger partial charge in [0.2, 0.25) is 11.8 Å². The van der Waals surface area contributed by atoms with Gasteiger partial charge in [-0.15, -0.1) is 0 Å². The van der Waals surface area contributed by atoms with Crippen LogP contribution in [0.25, 0.3) is 0 Å². The predicted octanol–water partition coefficient (Wildman–Crippen LogP) is 1.14. The fourth-order valence-corrected chi connectivity index (χ4v) is 2.03. The smallest absolute Gasteiger partial charge is 0.244 e. The number of likely N-dealkylation sites (tertiary alicyclic amines) is 1. The van der Waals surface area contributed by atoms with E-state index in [1.54, 1.807) is 17.0 Å². The van der Waals surface area contributed by atoms with Crippen molar-refractivity contribution < 1.29 is 9.59 Å². The number of nitrogens with zero attached hydrogens (tertiary/aromatic N) is 1. The van der Waals surface area contributed by atoms with Crippen LogP contribution in [0.5, 0.6) is 0 Å². The zero-order valence-corrected chi connectivity index (χ0v) is 10.4. The maximum Gasteiger partial charge on any atom is 0.244 e. The lowest BCUT2D eigenvalue weighted by Gasteiger charge is -2.15. The van der Waals surface area contributed by atoms with Crippen molar-refractivity contribution in [2.45, 2.75) is 19.8 Å². The lowest BCUT2D eigenvalue weighted by atomic mass is 10.2. The maximum atomic E-state index is 11.8. The van der Waals surface area contributed by atoms with Crippen LogP contribution in [0.15, 0.2) is 18.2 Å². The van der Waals surface area contributed by atoms with Crippen LogP contribution in [-0.4, -0.2) is 29.8 Å². The Labute approximate surface area is 106 Å². The molecule has 3 N–H and O–H groups in total. The molecular formula is C13H17N3O2. The van der Waals surface area contributed by atoms with Gasteiger partial charge in [-0.1, -0.05) is 6.07 Å². The minimum atomic E-state index is -0.208. The Morgan fingerprint density at radius 3 is 2.89 bits per heavy atom. The fraction of sp³-hybridized carbons (Fsp3) is 0.385. The molecule has 5 nitrogen and oxygen atoms in total. The molecule has 0 unspecified atom stereocenters. The first-order valence-corrected chi connectivity index (χ1v) is 6.00. The van der Waals surface area contributed by atoms with Gasteiger partial charge < -0.3 is 16.0 Å². The summed E-state index contributed by atoms with van der Waals surface area (Å²) < 4.78 is 0. The van der Waals surface area contributed by atoms with Crippen LogP contribution in [0, 0.1) is 6.92 Å². The van der Waals surface area contributed by atoms with Gasteiger partial charge in [0.05, 0.1) is 17.9 Å². The number of amides is 2. The Morgan fingerprint density at radius 1 is 1.50 bits per heavy atom. The number of nitrogens with two attached hydrogens (primary N) is 1. The number of aryl methyl sites for hydroxylation is 1. The van der Waals surface area contributed by atoms with Crippen molar-refractivity contribution in [3.8, 4) is 0 Å². The number of hydrogen-bond donors (Lipinski definition) is 2. The molecule has 1 fully saturated rings. The van der Waals surface area contributed by atoms with Gasteiger partial charge in [-0.3, -0.25) is 9.59 Å². The summed E-state index contributed by atoms with van der Waals surface area (Å²) in [6, 6.07) is 5.46. The molecule has 0 saturated carbocycles. The number of benzene rings is 1. The molecular weight excluding hydrogens is 230 g/mol. The molecule has 2 rings (SSSR count). The molecule has 0 bridgehead atoms. The number of carbonyl (C=O) groups is 2. The third-order valence-electron chi connectivity index (χ3n) is 2.99. The van der Waals surface area contributed by atoms with E-state index in [4.69, 9.17) is 5.73 Å². The summed E-state index contributed by atoms with van der Waals surface area (Å²) in [5, 5.41) is 2.73. The minimum Gasteiger partial charge on any atom is -0.397 e. The van der Waals surface area contributed by atoms with Crippen LogP contribution in [0.2, 0.25) is 0 Å². The zero-order valence-electron chi connectivity index (χ0n) is 10.4. The zero-order chi connectivity index (χ0) is 13.1. The molecule has 1 aliphatic heterocycles. The normalized spacial score (nSPS) is 14.9. The number of carbonyl (C=O) groups excluding carboxylic acids is 2. The first-order chi connectivity index (χ1) is 8.56. The van der Waals surface area contributed by atoms with Crippen molar-refractivity contribution >= 4 is 23.2 Å². The second-order valence-corrected chi connectivity index (χ2v) is 4.56. The summed E-state index contributed by atoms with van der Waals surface area (Å²) in [4.78, 5) is 24.8. The third kappa shape index (κ3) is 2.80.